The van der Waals surface area contributed by atoms with Gasteiger partial charge >= 0.3 is 0 Å². The SMILES string of the molecule is Cc1cccc(C(=O)N2C[C@@H](c3ccnn3C)[C@@]3(CCCN(Cc4ccncc4)C3=O)C2)n1. The molecular weight excluding hydrogens is 416 g/mol. The van der Waals surface area contributed by atoms with Crippen molar-refractivity contribution in [1.29, 1.82) is 0 Å². The zero-order valence-corrected chi connectivity index (χ0v) is 19.0. The van der Waals surface area contributed by atoms with Gasteiger partial charge in [-0.2, -0.15) is 5.10 Å². The second-order valence-electron chi connectivity index (χ2n) is 9.12. The molecule has 170 valence electrons. The maximum absolute atomic E-state index is 14.1. The number of rotatable bonds is 4. The van der Waals surface area contributed by atoms with Crippen molar-refractivity contribution in [2.24, 2.45) is 12.5 Å². The molecule has 0 bridgehead atoms. The molecule has 2 fully saturated rings. The van der Waals surface area contributed by atoms with Crippen LogP contribution in [0.1, 0.15) is 46.2 Å². The van der Waals surface area contributed by atoms with Gasteiger partial charge in [-0.3, -0.25) is 19.3 Å². The molecular formula is C25H28N6O2. The van der Waals surface area contributed by atoms with Crippen LogP contribution in [0.4, 0.5) is 0 Å². The smallest absolute Gasteiger partial charge is 0.272 e. The normalized spacial score (nSPS) is 22.8. The highest BCUT2D eigenvalue weighted by Gasteiger charge is 2.57. The number of hydrogen-bond donors (Lipinski definition) is 0. The minimum Gasteiger partial charge on any atom is -0.338 e. The van der Waals surface area contributed by atoms with Gasteiger partial charge < -0.3 is 9.80 Å². The fourth-order valence-corrected chi connectivity index (χ4v) is 5.43. The van der Waals surface area contributed by atoms with Gasteiger partial charge in [0, 0.05) is 69.1 Å². The van der Waals surface area contributed by atoms with Crippen LogP contribution in [-0.2, 0) is 18.4 Å². The Labute approximate surface area is 193 Å². The fourth-order valence-electron chi connectivity index (χ4n) is 5.43. The summed E-state index contributed by atoms with van der Waals surface area (Å²) in [5.74, 6) is -0.127. The van der Waals surface area contributed by atoms with Crippen LogP contribution in [0.5, 0.6) is 0 Å². The number of hydrogen-bond acceptors (Lipinski definition) is 5. The molecule has 0 radical (unpaired) electrons. The average molecular weight is 445 g/mol. The Bertz CT molecular complexity index is 1180. The Balaban J connectivity index is 1.49. The van der Waals surface area contributed by atoms with Gasteiger partial charge in [0.25, 0.3) is 5.91 Å². The van der Waals surface area contributed by atoms with Gasteiger partial charge in [-0.15, -0.1) is 0 Å². The maximum atomic E-state index is 14.1. The third-order valence-corrected chi connectivity index (χ3v) is 7.04. The predicted octanol–water partition coefficient (Wildman–Crippen LogP) is 2.57. The van der Waals surface area contributed by atoms with Crippen LogP contribution in [0.2, 0.25) is 0 Å². The van der Waals surface area contributed by atoms with Crippen molar-refractivity contribution >= 4 is 11.8 Å². The van der Waals surface area contributed by atoms with Crippen LogP contribution in [0, 0.1) is 12.3 Å². The number of carbonyl (C=O) groups is 2. The monoisotopic (exact) mass is 444 g/mol. The molecule has 8 nitrogen and oxygen atoms in total. The lowest BCUT2D eigenvalue weighted by Crippen LogP contribution is -2.52. The zero-order valence-electron chi connectivity index (χ0n) is 19.0. The highest BCUT2D eigenvalue weighted by atomic mass is 16.2. The van der Waals surface area contributed by atoms with Gasteiger partial charge in [-0.05, 0) is 55.7 Å². The van der Waals surface area contributed by atoms with Crippen LogP contribution in [0.3, 0.4) is 0 Å². The maximum Gasteiger partial charge on any atom is 0.272 e. The predicted molar refractivity (Wildman–Crippen MR) is 122 cm³/mol. The molecule has 2 amide bonds. The van der Waals surface area contributed by atoms with Crippen molar-refractivity contribution in [3.8, 4) is 0 Å². The number of piperidine rings is 1. The van der Waals surface area contributed by atoms with E-state index in [0.717, 1.165) is 29.8 Å². The second kappa shape index (κ2) is 8.42. The van der Waals surface area contributed by atoms with Gasteiger partial charge in [0.1, 0.15) is 5.69 Å². The highest BCUT2D eigenvalue weighted by molar-refractivity contribution is 5.94. The largest absolute Gasteiger partial charge is 0.338 e. The first-order valence-corrected chi connectivity index (χ1v) is 11.4. The fraction of sp³-hybridized carbons (Fsp3) is 0.400. The van der Waals surface area contributed by atoms with E-state index in [4.69, 9.17) is 0 Å². The molecule has 5 rings (SSSR count). The van der Waals surface area contributed by atoms with Crippen LogP contribution < -0.4 is 0 Å². The average Bonchev–Trinajstić information content (AvgIpc) is 3.41. The molecule has 33 heavy (non-hydrogen) atoms. The lowest BCUT2D eigenvalue weighted by molar-refractivity contribution is -0.147. The summed E-state index contributed by atoms with van der Waals surface area (Å²) >= 11 is 0. The molecule has 8 heteroatoms. The quantitative estimate of drug-likeness (QED) is 0.618. The van der Waals surface area contributed by atoms with Crippen molar-refractivity contribution < 1.29 is 9.59 Å². The van der Waals surface area contributed by atoms with E-state index in [2.05, 4.69) is 15.1 Å². The molecule has 5 heterocycles. The Morgan fingerprint density at radius 1 is 1.15 bits per heavy atom. The summed E-state index contributed by atoms with van der Waals surface area (Å²) in [6, 6.07) is 11.3. The van der Waals surface area contributed by atoms with Crippen molar-refractivity contribution in [1.82, 2.24) is 29.5 Å². The lowest BCUT2D eigenvalue weighted by atomic mass is 9.70. The van der Waals surface area contributed by atoms with Crippen LogP contribution in [0.25, 0.3) is 0 Å². The number of amides is 2. The first-order chi connectivity index (χ1) is 16.0. The van der Waals surface area contributed by atoms with E-state index in [1.807, 2.05) is 58.8 Å². The van der Waals surface area contributed by atoms with Gasteiger partial charge in [0.05, 0.1) is 5.41 Å². The molecule has 0 aromatic carbocycles. The summed E-state index contributed by atoms with van der Waals surface area (Å²) in [5.41, 5.74) is 2.60. The Morgan fingerprint density at radius 2 is 1.97 bits per heavy atom. The van der Waals surface area contributed by atoms with E-state index in [-0.39, 0.29) is 17.7 Å². The van der Waals surface area contributed by atoms with E-state index in [9.17, 15) is 9.59 Å². The van der Waals surface area contributed by atoms with Crippen molar-refractivity contribution in [2.45, 2.75) is 32.2 Å². The number of aryl methyl sites for hydroxylation is 2. The first kappa shape index (κ1) is 21.3. The van der Waals surface area contributed by atoms with Crippen LogP contribution in [-0.4, -0.2) is 61.0 Å². The van der Waals surface area contributed by atoms with E-state index >= 15 is 0 Å². The Morgan fingerprint density at radius 3 is 2.70 bits per heavy atom. The van der Waals surface area contributed by atoms with E-state index < -0.39 is 5.41 Å². The standard InChI is InChI=1S/C25H28N6O2/c1-18-5-3-6-21(28-18)23(32)31-16-20(22-9-13-27-29(22)2)25(17-31)10-4-14-30(24(25)33)15-19-7-11-26-12-8-19/h3,5-9,11-13,20H,4,10,14-17H2,1-2H3/t20-,25+/m0/s1. The molecule has 0 saturated carbocycles. The summed E-state index contributed by atoms with van der Waals surface area (Å²) in [4.78, 5) is 39.7. The number of aromatic nitrogens is 4. The second-order valence-corrected chi connectivity index (χ2v) is 9.12. The van der Waals surface area contributed by atoms with Gasteiger partial charge in [-0.1, -0.05) is 6.07 Å². The van der Waals surface area contributed by atoms with Gasteiger partial charge in [-0.25, -0.2) is 4.98 Å². The molecule has 2 saturated heterocycles. The van der Waals surface area contributed by atoms with Crippen LogP contribution in [0.15, 0.2) is 55.0 Å². The molecule has 0 N–H and O–H groups in total. The molecule has 0 aliphatic carbocycles. The summed E-state index contributed by atoms with van der Waals surface area (Å²) in [7, 11) is 1.90. The third-order valence-electron chi connectivity index (χ3n) is 7.04. The minimum absolute atomic E-state index is 0.115. The number of likely N-dealkylation sites (tertiary alicyclic amines) is 2. The third kappa shape index (κ3) is 3.79. The Hall–Kier alpha value is -3.55. The zero-order chi connectivity index (χ0) is 23.0. The first-order valence-electron chi connectivity index (χ1n) is 11.4. The van der Waals surface area contributed by atoms with E-state index in [0.29, 0.717) is 31.9 Å². The Kier molecular flexibility index (Phi) is 5.44. The van der Waals surface area contributed by atoms with Crippen molar-refractivity contribution in [2.75, 3.05) is 19.6 Å². The molecule has 0 unspecified atom stereocenters. The molecule has 2 atom stereocenters. The molecule has 3 aromatic rings. The number of carbonyl (C=O) groups excluding carboxylic acids is 2. The summed E-state index contributed by atoms with van der Waals surface area (Å²) < 4.78 is 1.83. The van der Waals surface area contributed by atoms with E-state index in [1.165, 1.54) is 0 Å². The summed E-state index contributed by atoms with van der Waals surface area (Å²) in [6.07, 6.45) is 6.92. The topological polar surface area (TPSA) is 84.2 Å². The number of pyridine rings is 2. The minimum atomic E-state index is -0.668. The van der Waals surface area contributed by atoms with Gasteiger partial charge in [0.15, 0.2) is 0 Å². The highest BCUT2D eigenvalue weighted by Crippen LogP contribution is 2.49. The van der Waals surface area contributed by atoms with Gasteiger partial charge in [0.2, 0.25) is 5.91 Å². The lowest BCUT2D eigenvalue weighted by Gasteiger charge is -2.42. The van der Waals surface area contributed by atoms with Crippen molar-refractivity contribution in [3.05, 3.63) is 77.6 Å². The molecule has 3 aromatic heterocycles. The molecule has 2 aliphatic heterocycles. The number of nitrogens with zero attached hydrogens (tertiary/aromatic N) is 6. The molecule has 1 spiro atoms. The summed E-state index contributed by atoms with van der Waals surface area (Å²) in [5, 5.41) is 4.36. The van der Waals surface area contributed by atoms with Crippen molar-refractivity contribution in [3.63, 3.8) is 0 Å². The van der Waals surface area contributed by atoms with E-state index in [1.54, 1.807) is 24.7 Å². The summed E-state index contributed by atoms with van der Waals surface area (Å²) in [6.45, 7) is 4.01. The molecule has 2 aliphatic rings. The van der Waals surface area contributed by atoms with Crippen LogP contribution >= 0.6 is 0 Å².